The number of pyridine rings is 2. The molecule has 0 aliphatic carbocycles. The van der Waals surface area contributed by atoms with Gasteiger partial charge >= 0.3 is 0 Å². The maximum Gasteiger partial charge on any atom is 0.163 e. The van der Waals surface area contributed by atoms with Crippen molar-refractivity contribution in [2.75, 3.05) is 0 Å². The summed E-state index contributed by atoms with van der Waals surface area (Å²) in [6, 6.07) is 27.1. The second-order valence-electron chi connectivity index (χ2n) is 8.31. The first-order valence-corrected chi connectivity index (χ1v) is 11.2. The van der Waals surface area contributed by atoms with Gasteiger partial charge in [-0.25, -0.2) is 15.0 Å². The van der Waals surface area contributed by atoms with E-state index < -0.39 is 0 Å². The third-order valence-electron chi connectivity index (χ3n) is 5.94. The maximum absolute atomic E-state index is 4.69. The number of fused-ring (bicyclic) bond motifs is 2. The van der Waals surface area contributed by atoms with Crippen molar-refractivity contribution in [2.45, 2.75) is 13.8 Å². The van der Waals surface area contributed by atoms with Gasteiger partial charge in [0.2, 0.25) is 0 Å². The monoisotopic (exact) mass is 439 g/mol. The van der Waals surface area contributed by atoms with Gasteiger partial charge in [0.15, 0.2) is 5.82 Å². The van der Waals surface area contributed by atoms with Gasteiger partial charge in [-0.1, -0.05) is 48.5 Å². The van der Waals surface area contributed by atoms with Crippen LogP contribution in [0.2, 0.25) is 0 Å². The highest BCUT2D eigenvalue weighted by Gasteiger charge is 2.14. The van der Waals surface area contributed by atoms with Gasteiger partial charge in [0.25, 0.3) is 0 Å². The zero-order valence-corrected chi connectivity index (χ0v) is 18.9. The molecular formula is C29H21N5. The number of hydrogen-bond acceptors (Lipinski definition) is 5. The highest BCUT2D eigenvalue weighted by Crippen LogP contribution is 2.36. The van der Waals surface area contributed by atoms with Crippen LogP contribution in [0.25, 0.3) is 55.4 Å². The number of hydrogen-bond donors (Lipinski definition) is 0. The van der Waals surface area contributed by atoms with Crippen LogP contribution in [-0.2, 0) is 0 Å². The zero-order valence-electron chi connectivity index (χ0n) is 18.9. The number of nitrogens with zero attached hydrogens (tertiary/aromatic N) is 5. The lowest BCUT2D eigenvalue weighted by atomic mass is 9.93. The lowest BCUT2D eigenvalue weighted by Crippen LogP contribution is -1.99. The van der Waals surface area contributed by atoms with E-state index in [2.05, 4.69) is 91.6 Å². The lowest BCUT2D eigenvalue weighted by Gasteiger charge is -2.13. The van der Waals surface area contributed by atoms with Crippen LogP contribution in [0.3, 0.4) is 0 Å². The van der Waals surface area contributed by atoms with Crippen molar-refractivity contribution in [1.29, 1.82) is 0 Å². The SMILES string of the molecule is Cc1nc(C)nc(-c2cc(-c3cccc4cccnc34)cc(-c3cccc4cccnc34)c2)n1. The zero-order chi connectivity index (χ0) is 23.1. The Balaban J connectivity index is 1.66. The average molecular weight is 440 g/mol. The standard InChI is InChI=1S/C29H21N5/c1-18-32-19(2)34-29(33-18)24-16-22(25-11-3-7-20-9-5-13-30-27(20)25)15-23(17-24)26-12-4-8-21-10-6-14-31-28(21)26/h3-17H,1-2H3. The molecule has 162 valence electrons. The van der Waals surface area contributed by atoms with Crippen molar-refractivity contribution in [1.82, 2.24) is 24.9 Å². The number of aromatic nitrogens is 5. The Morgan fingerprint density at radius 3 is 1.50 bits per heavy atom. The molecule has 0 aliphatic rings. The average Bonchev–Trinajstić information content (AvgIpc) is 2.87. The maximum atomic E-state index is 4.69. The molecule has 0 unspecified atom stereocenters. The van der Waals surface area contributed by atoms with Crippen LogP contribution in [-0.4, -0.2) is 24.9 Å². The molecular weight excluding hydrogens is 418 g/mol. The quantitative estimate of drug-likeness (QED) is 0.311. The fourth-order valence-electron chi connectivity index (χ4n) is 4.49. The van der Waals surface area contributed by atoms with Gasteiger partial charge in [-0.05, 0) is 55.3 Å². The molecule has 0 aliphatic heterocycles. The van der Waals surface area contributed by atoms with E-state index in [4.69, 9.17) is 0 Å². The highest BCUT2D eigenvalue weighted by atomic mass is 15.0. The van der Waals surface area contributed by atoms with Gasteiger partial charge in [-0.15, -0.1) is 0 Å². The summed E-state index contributed by atoms with van der Waals surface area (Å²) in [7, 11) is 0. The molecule has 6 aromatic rings. The van der Waals surface area contributed by atoms with E-state index in [0.29, 0.717) is 17.5 Å². The van der Waals surface area contributed by atoms with Gasteiger partial charge in [0.1, 0.15) is 11.6 Å². The third-order valence-corrected chi connectivity index (χ3v) is 5.94. The summed E-state index contributed by atoms with van der Waals surface area (Å²) in [5.74, 6) is 2.07. The van der Waals surface area contributed by atoms with Gasteiger partial charge < -0.3 is 0 Å². The molecule has 0 amide bonds. The van der Waals surface area contributed by atoms with Crippen molar-refractivity contribution >= 4 is 21.8 Å². The number of para-hydroxylation sites is 2. The van der Waals surface area contributed by atoms with Crippen molar-refractivity contribution in [3.8, 4) is 33.6 Å². The van der Waals surface area contributed by atoms with Gasteiger partial charge in [0, 0.05) is 39.9 Å². The number of rotatable bonds is 3. The molecule has 0 radical (unpaired) electrons. The van der Waals surface area contributed by atoms with Crippen LogP contribution in [0, 0.1) is 13.8 Å². The van der Waals surface area contributed by atoms with Crippen LogP contribution < -0.4 is 0 Å². The normalized spacial score (nSPS) is 11.2. The first-order chi connectivity index (χ1) is 16.7. The van der Waals surface area contributed by atoms with E-state index >= 15 is 0 Å². The van der Waals surface area contributed by atoms with Crippen molar-refractivity contribution in [2.24, 2.45) is 0 Å². The molecule has 0 atom stereocenters. The van der Waals surface area contributed by atoms with E-state index in [9.17, 15) is 0 Å². The van der Waals surface area contributed by atoms with Crippen LogP contribution in [0.1, 0.15) is 11.6 Å². The van der Waals surface area contributed by atoms with Gasteiger partial charge in [0.05, 0.1) is 11.0 Å². The van der Waals surface area contributed by atoms with Crippen molar-refractivity contribution in [3.05, 3.63) is 103 Å². The Morgan fingerprint density at radius 1 is 0.500 bits per heavy atom. The molecule has 3 aromatic carbocycles. The summed E-state index contributed by atoms with van der Waals surface area (Å²) in [4.78, 5) is 23.0. The summed E-state index contributed by atoms with van der Waals surface area (Å²) < 4.78 is 0. The van der Waals surface area contributed by atoms with Crippen LogP contribution >= 0.6 is 0 Å². The summed E-state index contributed by atoms with van der Waals surface area (Å²) in [6.07, 6.45) is 3.67. The molecule has 0 saturated heterocycles. The molecule has 3 aromatic heterocycles. The Morgan fingerprint density at radius 2 is 0.971 bits per heavy atom. The van der Waals surface area contributed by atoms with Crippen LogP contribution in [0.5, 0.6) is 0 Å². The molecule has 0 saturated carbocycles. The van der Waals surface area contributed by atoms with E-state index in [1.54, 1.807) is 0 Å². The predicted octanol–water partition coefficient (Wildman–Crippen LogP) is 6.59. The fraction of sp³-hybridized carbons (Fsp3) is 0.0690. The molecule has 3 heterocycles. The topological polar surface area (TPSA) is 64.5 Å². The molecule has 5 nitrogen and oxygen atoms in total. The summed E-state index contributed by atoms with van der Waals surface area (Å²) in [5.41, 5.74) is 7.11. The first kappa shape index (κ1) is 20.1. The largest absolute Gasteiger partial charge is 0.256 e. The Hall–Kier alpha value is -4.51. The molecule has 0 N–H and O–H groups in total. The second kappa shape index (κ2) is 8.12. The highest BCUT2D eigenvalue weighted by molar-refractivity contribution is 5.98. The summed E-state index contributed by atoms with van der Waals surface area (Å²) in [6.45, 7) is 3.79. The minimum atomic E-state index is 0.662. The summed E-state index contributed by atoms with van der Waals surface area (Å²) >= 11 is 0. The van der Waals surface area contributed by atoms with Crippen LogP contribution in [0.4, 0.5) is 0 Å². The van der Waals surface area contributed by atoms with E-state index in [1.807, 2.05) is 38.4 Å². The molecule has 0 fully saturated rings. The Bertz CT molecular complexity index is 1560. The smallest absolute Gasteiger partial charge is 0.163 e. The molecule has 5 heteroatoms. The summed E-state index contributed by atoms with van der Waals surface area (Å²) in [5, 5.41) is 2.20. The minimum absolute atomic E-state index is 0.662. The van der Waals surface area contributed by atoms with E-state index in [-0.39, 0.29) is 0 Å². The number of benzene rings is 3. The Labute approximate surface area is 197 Å². The van der Waals surface area contributed by atoms with Crippen molar-refractivity contribution < 1.29 is 0 Å². The Kier molecular flexibility index (Phi) is 4.81. The number of aryl methyl sites for hydroxylation is 2. The molecule has 0 spiro atoms. The predicted molar refractivity (Wildman–Crippen MR) is 136 cm³/mol. The molecule has 6 rings (SSSR count). The van der Waals surface area contributed by atoms with Gasteiger partial charge in [-0.3, -0.25) is 9.97 Å². The lowest BCUT2D eigenvalue weighted by molar-refractivity contribution is 0.928. The van der Waals surface area contributed by atoms with Crippen molar-refractivity contribution in [3.63, 3.8) is 0 Å². The molecule has 34 heavy (non-hydrogen) atoms. The van der Waals surface area contributed by atoms with Gasteiger partial charge in [-0.2, -0.15) is 0 Å². The molecule has 0 bridgehead atoms. The fourth-order valence-corrected chi connectivity index (χ4v) is 4.49. The van der Waals surface area contributed by atoms with E-state index in [1.165, 1.54) is 0 Å². The van der Waals surface area contributed by atoms with Crippen LogP contribution in [0.15, 0.2) is 91.3 Å². The first-order valence-electron chi connectivity index (χ1n) is 11.2. The third kappa shape index (κ3) is 3.57. The minimum Gasteiger partial charge on any atom is -0.256 e. The second-order valence-corrected chi connectivity index (χ2v) is 8.31. The van der Waals surface area contributed by atoms with E-state index in [0.717, 1.165) is 49.6 Å².